The molecule has 6 nitrogen and oxygen atoms in total. The topological polar surface area (TPSA) is 113 Å². The van der Waals surface area contributed by atoms with E-state index in [2.05, 4.69) is 4.44 Å². The predicted molar refractivity (Wildman–Crippen MR) is 24.6 cm³/mol. The van der Waals surface area contributed by atoms with Gasteiger partial charge >= 0.3 is 45.1 Å². The van der Waals surface area contributed by atoms with Gasteiger partial charge in [0.15, 0.2) is 0 Å². The maximum absolute atomic E-state index is 9.37. The van der Waals surface area contributed by atoms with Crippen LogP contribution in [0.1, 0.15) is 0 Å². The first-order chi connectivity index (χ1) is 3.42. The van der Waals surface area contributed by atoms with Crippen LogP contribution in [0.15, 0.2) is 0 Å². The molecule has 0 aromatic heterocycles. The Balaban J connectivity index is 0. The van der Waals surface area contributed by atoms with Gasteiger partial charge in [0.2, 0.25) is 0 Å². The van der Waals surface area contributed by atoms with Crippen LogP contribution in [-0.2, 0) is 9.01 Å². The van der Waals surface area contributed by atoms with Gasteiger partial charge in [0.25, 0.3) is 0 Å². The van der Waals surface area contributed by atoms with Crippen molar-refractivity contribution in [2.45, 2.75) is 0 Å². The Bertz CT molecular complexity index is 106. The Kier molecular flexibility index (Phi) is 7.31. The first-order valence-corrected chi connectivity index (χ1v) is 2.94. The minimum absolute atomic E-state index is 0. The van der Waals surface area contributed by atoms with Crippen molar-refractivity contribution in [2.75, 3.05) is 0 Å². The molecule has 0 heterocycles. The molecule has 9 heteroatoms. The quantitative estimate of drug-likeness (QED) is 0.335. The van der Waals surface area contributed by atoms with Crippen LogP contribution in [-0.4, -0.2) is 55.1 Å². The number of rotatable bonds is 2. The predicted octanol–water partition coefficient (Wildman–Crippen LogP) is -3.58. The summed E-state index contributed by atoms with van der Waals surface area (Å²) in [5.41, 5.74) is 0. The van der Waals surface area contributed by atoms with Gasteiger partial charge in [-0.1, -0.05) is 0 Å². The molecule has 0 aliphatic heterocycles. The summed E-state index contributed by atoms with van der Waals surface area (Å²) >= 11 is 0. The summed E-state index contributed by atoms with van der Waals surface area (Å²) in [6.45, 7) is 0. The van der Waals surface area contributed by atoms with Crippen molar-refractivity contribution in [2.24, 2.45) is 0 Å². The molecular formula is H2BCaO6P. The van der Waals surface area contributed by atoms with E-state index in [4.69, 9.17) is 10.0 Å². The summed E-state index contributed by atoms with van der Waals surface area (Å²) in [6.07, 6.45) is 0. The van der Waals surface area contributed by atoms with E-state index >= 15 is 0 Å². The van der Waals surface area contributed by atoms with Gasteiger partial charge < -0.3 is 28.8 Å². The molecule has 48 valence electrons. The molecule has 0 bridgehead atoms. The van der Waals surface area contributed by atoms with E-state index in [1.54, 1.807) is 0 Å². The second-order valence-corrected chi connectivity index (χ2v) is 1.98. The third-order valence-corrected chi connectivity index (χ3v) is 0.670. The van der Waals surface area contributed by atoms with Gasteiger partial charge in [-0.25, -0.2) is 0 Å². The molecule has 0 rings (SSSR count). The number of hydrogen-bond donors (Lipinski definition) is 2. The van der Waals surface area contributed by atoms with Gasteiger partial charge in [0, 0.05) is 7.82 Å². The average Bonchev–Trinajstić information content (AvgIpc) is 1.21. The molecule has 0 aliphatic carbocycles. The molecular weight excluding hydrogens is 178 g/mol. The molecule has 9 heavy (non-hydrogen) atoms. The Morgan fingerprint density at radius 1 is 1.44 bits per heavy atom. The first-order valence-electron chi connectivity index (χ1n) is 1.48. The van der Waals surface area contributed by atoms with Crippen LogP contribution in [0.2, 0.25) is 0 Å². The molecule has 0 aromatic carbocycles. The van der Waals surface area contributed by atoms with Crippen LogP contribution in [0, 0.1) is 0 Å². The first kappa shape index (κ1) is 13.0. The standard InChI is InChI=1S/BH4O6P.Ca/c2-1(3)7-8(4,5)6;/h2-3H,(H2,4,5,6);/q;+2/p-2. The van der Waals surface area contributed by atoms with Crippen molar-refractivity contribution >= 4 is 52.9 Å². The van der Waals surface area contributed by atoms with E-state index in [0.717, 1.165) is 0 Å². The molecule has 2 N–H and O–H groups in total. The third-order valence-electron chi connectivity index (χ3n) is 0.223. The number of phosphoric acid groups is 1. The van der Waals surface area contributed by atoms with Crippen LogP contribution >= 0.6 is 7.82 Å². The van der Waals surface area contributed by atoms with Gasteiger partial charge in [-0.3, -0.25) is 0 Å². The van der Waals surface area contributed by atoms with Crippen LogP contribution in [0.5, 0.6) is 0 Å². The zero-order valence-electron chi connectivity index (χ0n) is 4.26. The Morgan fingerprint density at radius 2 is 1.78 bits per heavy atom. The second kappa shape index (κ2) is 5.06. The SMILES string of the molecule is O=P([O-])([O-])OB(O)O.[Ca+2]. The fraction of sp³-hybridized carbons (Fsp3) is 0. The van der Waals surface area contributed by atoms with Gasteiger partial charge in [-0.15, -0.1) is 0 Å². The normalized spacial score (nSPS) is 10.2. The summed E-state index contributed by atoms with van der Waals surface area (Å²) in [5.74, 6) is 0. The maximum atomic E-state index is 9.37. The summed E-state index contributed by atoms with van der Waals surface area (Å²) in [6, 6.07) is 0. The zero-order chi connectivity index (χ0) is 6.78. The van der Waals surface area contributed by atoms with E-state index in [9.17, 15) is 14.4 Å². The van der Waals surface area contributed by atoms with Crippen molar-refractivity contribution in [1.82, 2.24) is 0 Å². The molecule has 0 radical (unpaired) electrons. The van der Waals surface area contributed by atoms with Crippen molar-refractivity contribution in [3.8, 4) is 0 Å². The summed E-state index contributed by atoms with van der Waals surface area (Å²) < 4.78 is 12.4. The van der Waals surface area contributed by atoms with Crippen LogP contribution in [0.3, 0.4) is 0 Å². The van der Waals surface area contributed by atoms with Crippen molar-refractivity contribution in [1.29, 1.82) is 0 Å². The maximum Gasteiger partial charge on any atom is 2.00 e. The fourth-order valence-electron chi connectivity index (χ4n) is 0.115. The summed E-state index contributed by atoms with van der Waals surface area (Å²) in [7, 11) is -7.77. The van der Waals surface area contributed by atoms with Crippen molar-refractivity contribution < 1.29 is 28.8 Å². The van der Waals surface area contributed by atoms with E-state index in [1.165, 1.54) is 0 Å². The van der Waals surface area contributed by atoms with Crippen LogP contribution < -0.4 is 9.79 Å². The molecule has 0 spiro atoms. The van der Waals surface area contributed by atoms with E-state index in [-0.39, 0.29) is 37.7 Å². The minimum Gasteiger partial charge on any atom is -0.791 e. The van der Waals surface area contributed by atoms with Crippen molar-refractivity contribution in [3.05, 3.63) is 0 Å². The second-order valence-electron chi connectivity index (χ2n) is 0.879. The molecule has 0 saturated heterocycles. The molecule has 0 aliphatic rings. The van der Waals surface area contributed by atoms with Crippen LogP contribution in [0.25, 0.3) is 0 Å². The third kappa shape index (κ3) is 12.5. The van der Waals surface area contributed by atoms with Gasteiger partial charge in [0.05, 0.1) is 0 Å². The monoisotopic (exact) mass is 180 g/mol. The summed E-state index contributed by atoms with van der Waals surface area (Å²) in [5, 5.41) is 15.3. The fourth-order valence-corrected chi connectivity index (χ4v) is 0.346. The van der Waals surface area contributed by atoms with Gasteiger partial charge in [0.1, 0.15) is 0 Å². The number of hydrogen-bond acceptors (Lipinski definition) is 6. The smallest absolute Gasteiger partial charge is 0.791 e. The van der Waals surface area contributed by atoms with Crippen molar-refractivity contribution in [3.63, 3.8) is 0 Å². The summed E-state index contributed by atoms with van der Waals surface area (Å²) in [4.78, 5) is 18.7. The molecule has 0 atom stereocenters. The molecule has 0 saturated carbocycles. The molecule has 0 amide bonds. The average molecular weight is 180 g/mol. The largest absolute Gasteiger partial charge is 2.00 e. The van der Waals surface area contributed by atoms with Crippen LogP contribution in [0.4, 0.5) is 0 Å². The minimum atomic E-state index is -5.22. The Hall–Kier alpha value is 1.35. The van der Waals surface area contributed by atoms with Gasteiger partial charge in [-0.2, -0.15) is 0 Å². The Labute approximate surface area is 81.3 Å². The Morgan fingerprint density at radius 3 is 1.78 bits per heavy atom. The molecule has 0 fully saturated rings. The van der Waals surface area contributed by atoms with E-state index in [1.807, 2.05) is 0 Å². The molecule has 0 unspecified atom stereocenters. The zero-order valence-corrected chi connectivity index (χ0v) is 7.36. The van der Waals surface area contributed by atoms with E-state index in [0.29, 0.717) is 0 Å². The van der Waals surface area contributed by atoms with Gasteiger partial charge in [-0.05, 0) is 0 Å². The molecule has 0 aromatic rings. The van der Waals surface area contributed by atoms with E-state index < -0.39 is 15.1 Å².